The SMILES string of the molecule is COC1(P2(=O)OCC(C)(C)CO2)C(=C(C)C)C2(C=CC(=O)C=C2)CN1S(=O)(=O)c1ccc(C)cc1. The van der Waals surface area contributed by atoms with Crippen molar-refractivity contribution in [2.75, 3.05) is 26.9 Å². The van der Waals surface area contributed by atoms with E-state index in [2.05, 4.69) is 0 Å². The number of aryl methyl sites for hydroxylation is 1. The summed E-state index contributed by atoms with van der Waals surface area (Å²) in [4.78, 5) is 12.0. The number of sulfonamides is 1. The van der Waals surface area contributed by atoms with E-state index in [0.29, 0.717) is 11.1 Å². The lowest BCUT2D eigenvalue weighted by Gasteiger charge is -2.45. The van der Waals surface area contributed by atoms with Gasteiger partial charge in [-0.15, -0.1) is 0 Å². The van der Waals surface area contributed by atoms with Gasteiger partial charge < -0.3 is 13.8 Å². The lowest BCUT2D eigenvalue weighted by Crippen LogP contribution is -2.52. The fourth-order valence-corrected chi connectivity index (χ4v) is 9.90. The van der Waals surface area contributed by atoms with Crippen molar-refractivity contribution in [1.82, 2.24) is 4.31 Å². The largest absolute Gasteiger partial charge is 0.383 e. The number of benzene rings is 1. The van der Waals surface area contributed by atoms with Gasteiger partial charge in [-0.05, 0) is 45.1 Å². The third-order valence-electron chi connectivity index (χ3n) is 6.64. The lowest BCUT2D eigenvalue weighted by atomic mass is 9.77. The van der Waals surface area contributed by atoms with E-state index in [0.717, 1.165) is 9.87 Å². The number of carbonyl (C=O) groups is 1. The summed E-state index contributed by atoms with van der Waals surface area (Å²) in [6.07, 6.45) is 6.09. The van der Waals surface area contributed by atoms with E-state index in [-0.39, 0.29) is 30.4 Å². The molecule has 0 aromatic heterocycles. The smallest absolute Gasteiger partial charge is 0.348 e. The zero-order valence-corrected chi connectivity index (χ0v) is 22.6. The number of methoxy groups -OCH3 is 1. The zero-order chi connectivity index (χ0) is 25.9. The highest BCUT2D eigenvalue weighted by molar-refractivity contribution is 7.89. The molecule has 190 valence electrons. The second-order valence-electron chi connectivity index (χ2n) is 10.3. The van der Waals surface area contributed by atoms with Crippen LogP contribution in [0.3, 0.4) is 0 Å². The van der Waals surface area contributed by atoms with Crippen molar-refractivity contribution >= 4 is 23.4 Å². The van der Waals surface area contributed by atoms with E-state index in [1.165, 1.54) is 31.4 Å². The Bertz CT molecular complexity index is 1260. The Morgan fingerprint density at radius 2 is 1.60 bits per heavy atom. The number of ketones is 1. The molecule has 2 aliphatic heterocycles. The molecule has 0 bridgehead atoms. The average molecular weight is 522 g/mol. The molecule has 1 spiro atoms. The summed E-state index contributed by atoms with van der Waals surface area (Å²) in [5, 5.41) is 0. The summed E-state index contributed by atoms with van der Waals surface area (Å²) in [6, 6.07) is 6.42. The number of hydrogen-bond donors (Lipinski definition) is 0. The molecule has 2 saturated heterocycles. The molecule has 1 unspecified atom stereocenters. The van der Waals surface area contributed by atoms with Crippen LogP contribution in [0.15, 0.2) is 64.6 Å². The number of rotatable bonds is 4. The van der Waals surface area contributed by atoms with Crippen molar-refractivity contribution < 1.29 is 31.6 Å². The molecule has 3 aliphatic rings. The van der Waals surface area contributed by atoms with Gasteiger partial charge in [0.1, 0.15) is 0 Å². The maximum Gasteiger partial charge on any atom is 0.383 e. The molecule has 35 heavy (non-hydrogen) atoms. The van der Waals surface area contributed by atoms with Gasteiger partial charge in [0.2, 0.25) is 10.0 Å². The molecule has 0 saturated carbocycles. The Labute approximate surface area is 207 Å². The van der Waals surface area contributed by atoms with Crippen LogP contribution in [0.5, 0.6) is 0 Å². The summed E-state index contributed by atoms with van der Waals surface area (Å²) in [6.45, 7) is 9.33. The minimum Gasteiger partial charge on any atom is -0.348 e. The van der Waals surface area contributed by atoms with Crippen LogP contribution in [-0.2, 0) is 33.2 Å². The molecule has 1 aliphatic carbocycles. The maximum absolute atomic E-state index is 14.6. The van der Waals surface area contributed by atoms with Gasteiger partial charge in [0.05, 0.1) is 18.1 Å². The molecule has 2 fully saturated rings. The van der Waals surface area contributed by atoms with E-state index in [1.807, 2.05) is 20.8 Å². The summed E-state index contributed by atoms with van der Waals surface area (Å²) in [7, 11) is -7.20. The zero-order valence-electron chi connectivity index (χ0n) is 20.9. The standard InChI is InChI=1S/C25H32NO7PS/c1-18(2)22-24(13-11-20(27)12-14-24)15-26(35(29,30)21-9-7-19(3)8-10-21)25(22,31-6)34(28)32-16-23(4,5)17-33-34/h7-14H,15-17H2,1-6H3. The van der Waals surface area contributed by atoms with Gasteiger partial charge in [-0.3, -0.25) is 9.36 Å². The quantitative estimate of drug-likeness (QED) is 0.422. The van der Waals surface area contributed by atoms with Crippen LogP contribution in [0.2, 0.25) is 0 Å². The number of carbonyl (C=O) groups excluding carboxylic acids is 1. The highest BCUT2D eigenvalue weighted by Gasteiger charge is 2.72. The first kappa shape index (κ1) is 26.2. The van der Waals surface area contributed by atoms with E-state index in [9.17, 15) is 17.8 Å². The fraction of sp³-hybridized carbons (Fsp3) is 0.480. The third-order valence-corrected chi connectivity index (χ3v) is 10.9. The topological polar surface area (TPSA) is 99.2 Å². The van der Waals surface area contributed by atoms with Gasteiger partial charge in [-0.2, -0.15) is 4.31 Å². The minimum absolute atomic E-state index is 0.0264. The van der Waals surface area contributed by atoms with Crippen molar-refractivity contribution in [1.29, 1.82) is 0 Å². The van der Waals surface area contributed by atoms with Crippen LogP contribution < -0.4 is 0 Å². The molecule has 0 N–H and O–H groups in total. The van der Waals surface area contributed by atoms with Crippen molar-refractivity contribution in [3.8, 4) is 0 Å². The first-order valence-corrected chi connectivity index (χ1v) is 14.4. The van der Waals surface area contributed by atoms with Gasteiger partial charge >= 0.3 is 7.60 Å². The molecule has 0 amide bonds. The van der Waals surface area contributed by atoms with Crippen LogP contribution in [0.1, 0.15) is 33.3 Å². The summed E-state index contributed by atoms with van der Waals surface area (Å²) in [5.41, 5.74) is -1.55. The van der Waals surface area contributed by atoms with Crippen LogP contribution in [0.25, 0.3) is 0 Å². The Balaban J connectivity index is 2.02. The Kier molecular flexibility index (Phi) is 6.45. The van der Waals surface area contributed by atoms with Gasteiger partial charge in [0.15, 0.2) is 5.78 Å². The first-order valence-electron chi connectivity index (χ1n) is 11.4. The second-order valence-corrected chi connectivity index (χ2v) is 14.3. The highest BCUT2D eigenvalue weighted by Crippen LogP contribution is 2.73. The van der Waals surface area contributed by atoms with Gasteiger partial charge in [-0.25, -0.2) is 8.42 Å². The Hall–Kier alpha value is -1.87. The van der Waals surface area contributed by atoms with E-state index in [1.54, 1.807) is 38.1 Å². The molecule has 1 aromatic rings. The van der Waals surface area contributed by atoms with Gasteiger partial charge in [-0.1, -0.05) is 49.3 Å². The van der Waals surface area contributed by atoms with Crippen molar-refractivity contribution in [3.05, 3.63) is 65.3 Å². The van der Waals surface area contributed by atoms with Crippen molar-refractivity contribution in [2.45, 2.75) is 45.0 Å². The second kappa shape index (κ2) is 8.61. The summed E-state index contributed by atoms with van der Waals surface area (Å²) < 4.78 is 61.9. The van der Waals surface area contributed by atoms with Gasteiger partial charge in [0, 0.05) is 30.1 Å². The molecule has 10 heteroatoms. The summed E-state index contributed by atoms with van der Waals surface area (Å²) in [5.74, 6) is -0.217. The van der Waals surface area contributed by atoms with E-state index in [4.69, 9.17) is 13.8 Å². The van der Waals surface area contributed by atoms with Crippen LogP contribution in [0, 0.1) is 17.8 Å². The minimum atomic E-state index is -4.26. The molecule has 1 atom stereocenters. The molecule has 4 rings (SSSR count). The number of nitrogens with zero attached hydrogens (tertiary/aromatic N) is 1. The van der Waals surface area contributed by atoms with E-state index >= 15 is 0 Å². The van der Waals surface area contributed by atoms with Gasteiger partial charge in [0.25, 0.3) is 5.47 Å². The maximum atomic E-state index is 14.6. The normalized spacial score (nSPS) is 27.5. The summed E-state index contributed by atoms with van der Waals surface area (Å²) >= 11 is 0. The predicted molar refractivity (Wildman–Crippen MR) is 132 cm³/mol. The van der Waals surface area contributed by atoms with Crippen molar-refractivity contribution in [2.24, 2.45) is 10.8 Å². The highest BCUT2D eigenvalue weighted by atomic mass is 32.2. The molecule has 8 nitrogen and oxygen atoms in total. The monoisotopic (exact) mass is 521 g/mol. The predicted octanol–water partition coefficient (Wildman–Crippen LogP) is 4.58. The molecular formula is C25H32NO7PS. The lowest BCUT2D eigenvalue weighted by molar-refractivity contribution is -0.110. The van der Waals surface area contributed by atoms with Crippen LogP contribution in [0.4, 0.5) is 0 Å². The number of allylic oxidation sites excluding steroid dienone is 3. The third kappa shape index (κ3) is 4.02. The fourth-order valence-electron chi connectivity index (χ4n) is 4.94. The number of hydrogen-bond acceptors (Lipinski definition) is 7. The molecule has 0 radical (unpaired) electrons. The van der Waals surface area contributed by atoms with Crippen molar-refractivity contribution in [3.63, 3.8) is 0 Å². The van der Waals surface area contributed by atoms with Crippen LogP contribution in [-0.4, -0.2) is 50.8 Å². The molecule has 1 aromatic carbocycles. The Morgan fingerprint density at radius 3 is 2.09 bits per heavy atom. The average Bonchev–Trinajstić information content (AvgIpc) is 3.11. The first-order chi connectivity index (χ1) is 16.2. The van der Waals surface area contributed by atoms with Crippen LogP contribution >= 0.6 is 7.60 Å². The molecule has 2 heterocycles. The van der Waals surface area contributed by atoms with E-state index < -0.39 is 33.9 Å². The Morgan fingerprint density at radius 1 is 1.06 bits per heavy atom. The number of ether oxygens (including phenoxy) is 1. The molecular weight excluding hydrogens is 489 g/mol.